The Morgan fingerprint density at radius 2 is 2.11 bits per heavy atom. The lowest BCUT2D eigenvalue weighted by atomic mass is 10.2. The Balaban J connectivity index is 1.70. The quantitative estimate of drug-likeness (QED) is 0.555. The SMILES string of the molecule is CSCC(O)C(Cl)C1CSC(C2OC2CSC)CS1. The predicted octanol–water partition coefficient (Wildman–Crippen LogP) is 2.67. The molecule has 1 N–H and O–H groups in total. The number of epoxide rings is 1. The van der Waals surface area contributed by atoms with Crippen LogP contribution in [0, 0.1) is 0 Å². The Hall–Kier alpha value is 1.61. The molecule has 2 rings (SSSR count). The fourth-order valence-electron chi connectivity index (χ4n) is 2.20. The minimum Gasteiger partial charge on any atom is -0.391 e. The van der Waals surface area contributed by atoms with Gasteiger partial charge >= 0.3 is 0 Å². The molecule has 0 spiro atoms. The summed E-state index contributed by atoms with van der Waals surface area (Å²) in [6, 6.07) is 0. The Kier molecular flexibility index (Phi) is 7.41. The van der Waals surface area contributed by atoms with Gasteiger partial charge in [0.25, 0.3) is 0 Å². The Morgan fingerprint density at radius 1 is 1.32 bits per heavy atom. The summed E-state index contributed by atoms with van der Waals surface area (Å²) < 4.78 is 5.74. The lowest BCUT2D eigenvalue weighted by Gasteiger charge is -2.31. The standard InChI is InChI=1S/C12H21ClO2S4/c1-16-3-7(14)11(13)9-5-19-10(6-18-9)12-8(15-12)4-17-2/h7-12,14H,3-6H2,1-2H3. The van der Waals surface area contributed by atoms with Gasteiger partial charge in [-0.3, -0.25) is 0 Å². The van der Waals surface area contributed by atoms with Gasteiger partial charge in [-0.15, -0.1) is 11.6 Å². The summed E-state index contributed by atoms with van der Waals surface area (Å²) in [7, 11) is 0. The van der Waals surface area contributed by atoms with Crippen LogP contribution in [0.1, 0.15) is 0 Å². The van der Waals surface area contributed by atoms with E-state index in [0.29, 0.717) is 22.7 Å². The molecule has 7 heteroatoms. The van der Waals surface area contributed by atoms with Gasteiger partial charge in [-0.2, -0.15) is 47.0 Å². The summed E-state index contributed by atoms with van der Waals surface area (Å²) in [6.07, 6.45) is 4.66. The highest BCUT2D eigenvalue weighted by Gasteiger charge is 2.46. The number of rotatable bonds is 7. The number of halogens is 1. The van der Waals surface area contributed by atoms with Crippen LogP contribution < -0.4 is 0 Å². The van der Waals surface area contributed by atoms with Crippen molar-refractivity contribution in [2.75, 3.05) is 35.5 Å². The van der Waals surface area contributed by atoms with Crippen molar-refractivity contribution < 1.29 is 9.84 Å². The van der Waals surface area contributed by atoms with Crippen molar-refractivity contribution in [2.24, 2.45) is 0 Å². The number of hydrogen-bond donors (Lipinski definition) is 1. The summed E-state index contributed by atoms with van der Waals surface area (Å²) in [5, 5.41) is 10.8. The van der Waals surface area contributed by atoms with Gasteiger partial charge in [0.2, 0.25) is 0 Å². The number of ether oxygens (including phenoxy) is 1. The van der Waals surface area contributed by atoms with Crippen LogP contribution in [0.4, 0.5) is 0 Å². The van der Waals surface area contributed by atoms with Gasteiger partial charge < -0.3 is 9.84 Å². The van der Waals surface area contributed by atoms with Gasteiger partial charge in [0.1, 0.15) is 0 Å². The maximum atomic E-state index is 9.97. The molecule has 2 saturated heterocycles. The van der Waals surface area contributed by atoms with Crippen molar-refractivity contribution in [1.82, 2.24) is 0 Å². The van der Waals surface area contributed by atoms with Crippen molar-refractivity contribution in [2.45, 2.75) is 34.2 Å². The minimum atomic E-state index is -0.396. The maximum Gasteiger partial charge on any atom is 0.0976 e. The number of alkyl halides is 1. The molecule has 0 bridgehead atoms. The molecule has 2 heterocycles. The lowest BCUT2D eigenvalue weighted by Crippen LogP contribution is -2.38. The smallest absolute Gasteiger partial charge is 0.0976 e. The molecule has 2 nitrogen and oxygen atoms in total. The molecule has 2 aliphatic heterocycles. The van der Waals surface area contributed by atoms with Crippen molar-refractivity contribution in [3.8, 4) is 0 Å². The first kappa shape index (κ1) is 17.0. The van der Waals surface area contributed by atoms with E-state index in [4.69, 9.17) is 16.3 Å². The first-order chi connectivity index (χ1) is 9.17. The largest absolute Gasteiger partial charge is 0.391 e. The van der Waals surface area contributed by atoms with Crippen LogP contribution in [0.2, 0.25) is 0 Å². The van der Waals surface area contributed by atoms with Gasteiger partial charge in [-0.25, -0.2) is 0 Å². The highest BCUT2D eigenvalue weighted by Crippen LogP contribution is 2.42. The van der Waals surface area contributed by atoms with Crippen LogP contribution in [-0.4, -0.2) is 74.8 Å². The van der Waals surface area contributed by atoms with E-state index in [1.807, 2.05) is 41.5 Å². The van der Waals surface area contributed by atoms with Crippen LogP contribution in [0.5, 0.6) is 0 Å². The van der Waals surface area contributed by atoms with E-state index >= 15 is 0 Å². The van der Waals surface area contributed by atoms with Crippen LogP contribution in [0.3, 0.4) is 0 Å². The molecule has 0 aromatic rings. The third kappa shape index (κ3) is 4.80. The van der Waals surface area contributed by atoms with E-state index in [1.54, 1.807) is 11.8 Å². The fourth-order valence-corrected chi connectivity index (χ4v) is 7.26. The summed E-state index contributed by atoms with van der Waals surface area (Å²) in [5.74, 6) is 3.96. The Labute approximate surface area is 137 Å². The molecular formula is C12H21ClO2S4. The van der Waals surface area contributed by atoms with Gasteiger partial charge in [-0.05, 0) is 12.5 Å². The number of aliphatic hydroxyl groups is 1. The topological polar surface area (TPSA) is 32.8 Å². The second-order valence-corrected chi connectivity index (χ2v) is 9.67. The molecule has 6 atom stereocenters. The second kappa shape index (κ2) is 8.30. The van der Waals surface area contributed by atoms with Crippen molar-refractivity contribution in [3.05, 3.63) is 0 Å². The third-order valence-electron chi connectivity index (χ3n) is 3.33. The average molecular weight is 361 g/mol. The number of aliphatic hydroxyl groups excluding tert-OH is 1. The molecule has 0 aliphatic carbocycles. The zero-order chi connectivity index (χ0) is 13.8. The van der Waals surface area contributed by atoms with E-state index in [2.05, 4.69) is 6.26 Å². The van der Waals surface area contributed by atoms with E-state index in [0.717, 1.165) is 23.0 Å². The Bertz CT molecular complexity index is 276. The predicted molar refractivity (Wildman–Crippen MR) is 93.6 cm³/mol. The van der Waals surface area contributed by atoms with Crippen LogP contribution >= 0.6 is 58.6 Å². The molecule has 0 aromatic carbocycles. The molecule has 0 aromatic heterocycles. The van der Waals surface area contributed by atoms with E-state index in [1.165, 1.54) is 0 Å². The van der Waals surface area contributed by atoms with Gasteiger partial charge in [0.05, 0.1) is 23.7 Å². The van der Waals surface area contributed by atoms with Gasteiger partial charge in [0.15, 0.2) is 0 Å². The molecule has 0 radical (unpaired) electrons. The van der Waals surface area contributed by atoms with E-state index in [-0.39, 0.29) is 5.38 Å². The van der Waals surface area contributed by atoms with Crippen molar-refractivity contribution in [3.63, 3.8) is 0 Å². The van der Waals surface area contributed by atoms with Gasteiger partial charge in [0, 0.05) is 33.5 Å². The normalized spacial score (nSPS) is 37.9. The van der Waals surface area contributed by atoms with Crippen LogP contribution in [0.15, 0.2) is 0 Å². The second-order valence-electron chi connectivity index (χ2n) is 4.81. The molecule has 0 saturated carbocycles. The van der Waals surface area contributed by atoms with E-state index < -0.39 is 6.10 Å². The molecule has 2 fully saturated rings. The van der Waals surface area contributed by atoms with Crippen molar-refractivity contribution in [1.29, 1.82) is 0 Å². The molecule has 112 valence electrons. The zero-order valence-electron chi connectivity index (χ0n) is 11.2. The lowest BCUT2D eigenvalue weighted by molar-refractivity contribution is 0.194. The highest BCUT2D eigenvalue weighted by molar-refractivity contribution is 8.07. The highest BCUT2D eigenvalue weighted by atomic mass is 35.5. The summed E-state index contributed by atoms with van der Waals surface area (Å²) >= 11 is 13.8. The van der Waals surface area contributed by atoms with Gasteiger partial charge in [-0.1, -0.05) is 0 Å². The maximum absolute atomic E-state index is 9.97. The first-order valence-corrected chi connectivity index (χ1v) is 11.7. The minimum absolute atomic E-state index is 0.131. The number of hydrogen-bond acceptors (Lipinski definition) is 6. The van der Waals surface area contributed by atoms with Crippen molar-refractivity contribution >= 4 is 58.6 Å². The molecule has 2 aliphatic rings. The van der Waals surface area contributed by atoms with Crippen LogP contribution in [0.25, 0.3) is 0 Å². The molecular weight excluding hydrogens is 340 g/mol. The van der Waals surface area contributed by atoms with E-state index in [9.17, 15) is 5.11 Å². The molecule has 0 amide bonds. The summed E-state index contributed by atoms with van der Waals surface area (Å²) in [5.41, 5.74) is 0. The third-order valence-corrected chi connectivity index (χ3v) is 8.69. The molecule has 19 heavy (non-hydrogen) atoms. The fraction of sp³-hybridized carbons (Fsp3) is 1.00. The number of thioether (sulfide) groups is 4. The summed E-state index contributed by atoms with van der Waals surface area (Å²) in [4.78, 5) is 0. The van der Waals surface area contributed by atoms with Crippen LogP contribution in [-0.2, 0) is 4.74 Å². The first-order valence-electron chi connectivity index (χ1n) is 6.36. The Morgan fingerprint density at radius 3 is 2.68 bits per heavy atom. The monoisotopic (exact) mass is 360 g/mol. The zero-order valence-corrected chi connectivity index (χ0v) is 15.2. The molecule has 6 unspecified atom stereocenters. The average Bonchev–Trinajstić information content (AvgIpc) is 3.18. The summed E-state index contributed by atoms with van der Waals surface area (Å²) in [6.45, 7) is 0.